The Balaban J connectivity index is 0. The van der Waals surface area contributed by atoms with Gasteiger partial charge >= 0.3 is 45.5 Å². The van der Waals surface area contributed by atoms with Gasteiger partial charge in [-0.05, 0) is 11.0 Å². The van der Waals surface area contributed by atoms with Crippen LogP contribution in [-0.4, -0.2) is 56.4 Å². The summed E-state index contributed by atoms with van der Waals surface area (Å²) < 4.78 is 0. The smallest absolute Gasteiger partial charge is 0 e. The van der Waals surface area contributed by atoms with Crippen LogP contribution in [0.25, 0.3) is 0 Å². The van der Waals surface area contributed by atoms with Crippen molar-refractivity contribution in [3.05, 3.63) is 0 Å². The van der Waals surface area contributed by atoms with E-state index in [1.807, 2.05) is 0 Å². The molecule has 0 aromatic heterocycles. The van der Waals surface area contributed by atoms with Crippen molar-refractivity contribution in [1.29, 1.82) is 0 Å². The Morgan fingerprint density at radius 3 is 1.00 bits per heavy atom. The van der Waals surface area contributed by atoms with Crippen molar-refractivity contribution >= 4 is 56.4 Å². The van der Waals surface area contributed by atoms with E-state index in [4.69, 9.17) is 0 Å². The SMILES string of the molecule is [La].[SiH4].[SrH2].[Zr]. The molecule has 0 N–H and O–H groups in total. The summed E-state index contributed by atoms with van der Waals surface area (Å²) in [5.74, 6) is 0. The Hall–Kier alpha value is 3.78. The normalized spacial score (nSPS) is 0. The van der Waals surface area contributed by atoms with Crippen molar-refractivity contribution in [2.24, 2.45) is 0 Å². The van der Waals surface area contributed by atoms with Crippen LogP contribution in [-0.2, 0) is 26.2 Å². The summed E-state index contributed by atoms with van der Waals surface area (Å²) in [5, 5.41) is 0. The summed E-state index contributed by atoms with van der Waals surface area (Å²) in [7, 11) is 0. The average Bonchev–Trinajstić information content (AvgIpc) is 0. The van der Waals surface area contributed by atoms with Crippen molar-refractivity contribution in [2.75, 3.05) is 0 Å². The van der Waals surface area contributed by atoms with Gasteiger partial charge in [-0.15, -0.1) is 0 Å². The molecule has 0 heterocycles. The zero-order valence-corrected chi connectivity index (χ0v) is 7.16. The minimum atomic E-state index is 0. The Labute approximate surface area is 115 Å². The molecule has 0 amide bonds. The minimum absolute atomic E-state index is 0. The van der Waals surface area contributed by atoms with Crippen LogP contribution >= 0.6 is 0 Å². The van der Waals surface area contributed by atoms with Gasteiger partial charge in [0.05, 0.1) is 0 Å². The van der Waals surface area contributed by atoms with Gasteiger partial charge in [-0.2, -0.15) is 0 Å². The van der Waals surface area contributed by atoms with E-state index in [1.165, 1.54) is 0 Å². The van der Waals surface area contributed by atoms with E-state index in [-0.39, 0.29) is 118 Å². The van der Waals surface area contributed by atoms with Crippen LogP contribution in [0.3, 0.4) is 0 Å². The summed E-state index contributed by atoms with van der Waals surface area (Å²) in [6.07, 6.45) is 0. The zero-order chi connectivity index (χ0) is 0. The molecule has 0 unspecified atom stereocenters. The van der Waals surface area contributed by atoms with Crippen LogP contribution in [0, 0.1) is 35.6 Å². The minimum Gasteiger partial charge on any atom is 0 e. The maximum Gasteiger partial charge on any atom is 0 e. The first kappa shape index (κ1) is 25.0. The van der Waals surface area contributed by atoms with Crippen LogP contribution in [0.5, 0.6) is 0 Å². The summed E-state index contributed by atoms with van der Waals surface area (Å²) in [4.78, 5) is 0. The van der Waals surface area contributed by atoms with Gasteiger partial charge in [0.2, 0.25) is 0 Å². The van der Waals surface area contributed by atoms with Crippen molar-refractivity contribution < 1.29 is 61.8 Å². The molecule has 19 valence electrons. The molecule has 4 heteroatoms. The second kappa shape index (κ2) is 15.9. The predicted molar refractivity (Wildman–Crippen MR) is 19.9 cm³/mol. The topological polar surface area (TPSA) is 0 Å². The average molecular weight is 352 g/mol. The van der Waals surface area contributed by atoms with Gasteiger partial charge in [0.1, 0.15) is 0 Å². The first-order valence-electron chi connectivity index (χ1n) is 0. The second-order valence-electron chi connectivity index (χ2n) is 0. The van der Waals surface area contributed by atoms with Gasteiger partial charge in [0.25, 0.3) is 0 Å². The number of rotatable bonds is 0. The summed E-state index contributed by atoms with van der Waals surface area (Å²) >= 11 is 0. The van der Waals surface area contributed by atoms with E-state index in [2.05, 4.69) is 0 Å². The van der Waals surface area contributed by atoms with Gasteiger partial charge in [-0.3, -0.25) is 0 Å². The molecule has 0 aliphatic heterocycles. The molecule has 0 fully saturated rings. The van der Waals surface area contributed by atoms with Crippen LogP contribution in [0.15, 0.2) is 0 Å². The molecule has 0 rings (SSSR count). The van der Waals surface area contributed by atoms with E-state index in [0.29, 0.717) is 0 Å². The van der Waals surface area contributed by atoms with Crippen molar-refractivity contribution in [2.45, 2.75) is 0 Å². The van der Waals surface area contributed by atoms with Gasteiger partial charge in [0, 0.05) is 61.8 Å². The van der Waals surface area contributed by atoms with Crippen molar-refractivity contribution in [1.82, 2.24) is 0 Å². The first-order chi connectivity index (χ1) is 0. The molecule has 1 radical (unpaired) electrons. The molecule has 0 atom stereocenters. The van der Waals surface area contributed by atoms with Crippen LogP contribution in [0.1, 0.15) is 0 Å². The molecule has 4 heavy (non-hydrogen) atoms. The largest absolute Gasteiger partial charge is 0 e. The monoisotopic (exact) mass is 351 g/mol. The van der Waals surface area contributed by atoms with Crippen molar-refractivity contribution in [3.8, 4) is 0 Å². The van der Waals surface area contributed by atoms with E-state index in [9.17, 15) is 0 Å². The Morgan fingerprint density at radius 1 is 1.00 bits per heavy atom. The van der Waals surface area contributed by atoms with Crippen molar-refractivity contribution in [3.63, 3.8) is 0 Å². The molecular formula is H6LaSiSrZr. The first-order valence-corrected chi connectivity index (χ1v) is 0. The standard InChI is InChI=1S/La.H4Si.Sr.Zr.2H/h;1H4;;;;. The third-order valence-electron chi connectivity index (χ3n) is 0. The Bertz CT molecular complexity index is 8.00. The molecule has 0 aliphatic rings. The Morgan fingerprint density at radius 2 is 1.00 bits per heavy atom. The Kier molecular flexibility index (Phi) is 99.3. The third-order valence-corrected chi connectivity index (χ3v) is 0. The molecule has 0 spiro atoms. The van der Waals surface area contributed by atoms with Crippen LogP contribution in [0.4, 0.5) is 0 Å². The molecule has 0 saturated heterocycles. The molecule has 0 bridgehead atoms. The number of hydrogen-bond donors (Lipinski definition) is 0. The van der Waals surface area contributed by atoms with E-state index < -0.39 is 0 Å². The number of hydrogen-bond acceptors (Lipinski definition) is 0. The maximum atomic E-state index is 0. The van der Waals surface area contributed by atoms with E-state index in [0.717, 1.165) is 0 Å². The summed E-state index contributed by atoms with van der Waals surface area (Å²) in [5.41, 5.74) is 0. The van der Waals surface area contributed by atoms with E-state index >= 15 is 0 Å². The third kappa shape index (κ3) is 9.24. The zero-order valence-electron chi connectivity index (χ0n) is 1.08. The van der Waals surface area contributed by atoms with Crippen LogP contribution in [0.2, 0.25) is 0 Å². The fourth-order valence-corrected chi connectivity index (χ4v) is 0. The predicted octanol–water partition coefficient (Wildman–Crippen LogP) is -2.37. The molecule has 0 aliphatic carbocycles. The molecule has 0 aromatic rings. The summed E-state index contributed by atoms with van der Waals surface area (Å²) in [6.45, 7) is 0. The quantitative estimate of drug-likeness (QED) is 0.428. The van der Waals surface area contributed by atoms with Crippen LogP contribution < -0.4 is 0 Å². The molecular weight excluding hydrogens is 346 g/mol. The molecule has 0 aromatic carbocycles. The second-order valence-corrected chi connectivity index (χ2v) is 0. The van der Waals surface area contributed by atoms with Gasteiger partial charge < -0.3 is 0 Å². The summed E-state index contributed by atoms with van der Waals surface area (Å²) in [6, 6.07) is 0. The fourth-order valence-electron chi connectivity index (χ4n) is 0. The molecule has 0 saturated carbocycles. The fraction of sp³-hybridized carbons (Fsp3) is 0. The van der Waals surface area contributed by atoms with E-state index in [1.54, 1.807) is 0 Å². The molecule has 0 nitrogen and oxygen atoms in total. The van der Waals surface area contributed by atoms with Gasteiger partial charge in [-0.25, -0.2) is 0 Å². The van der Waals surface area contributed by atoms with Gasteiger partial charge in [0.15, 0.2) is 0 Å². The van der Waals surface area contributed by atoms with Gasteiger partial charge in [-0.1, -0.05) is 0 Å². The maximum absolute atomic E-state index is 0.